The third-order valence-electron chi connectivity index (χ3n) is 4.96. The zero-order valence-corrected chi connectivity index (χ0v) is 19.0. The van der Waals surface area contributed by atoms with Crippen LogP contribution in [0.25, 0.3) is 0 Å². The molecule has 0 N–H and O–H groups in total. The number of hydrogen-bond donors (Lipinski definition) is 0. The van der Waals surface area contributed by atoms with Gasteiger partial charge in [-0.25, -0.2) is 5.06 Å². The second-order valence-corrected chi connectivity index (χ2v) is 8.79. The van der Waals surface area contributed by atoms with Crippen LogP contribution in [0.1, 0.15) is 60.4 Å². The summed E-state index contributed by atoms with van der Waals surface area (Å²) in [5.74, 6) is 0.00713. The number of amides is 3. The molecule has 32 heavy (non-hydrogen) atoms. The van der Waals surface area contributed by atoms with Crippen molar-refractivity contribution in [1.82, 2.24) is 9.96 Å². The lowest BCUT2D eigenvalue weighted by Gasteiger charge is -2.34. The topological polar surface area (TPSA) is 76.2 Å². The fraction of sp³-hybridized carbons (Fsp3) is 0.400. The van der Waals surface area contributed by atoms with Crippen molar-refractivity contribution in [3.8, 4) is 5.75 Å². The van der Waals surface area contributed by atoms with Gasteiger partial charge in [0.2, 0.25) is 6.41 Å². The van der Waals surface area contributed by atoms with Gasteiger partial charge < -0.3 is 4.74 Å². The highest BCUT2D eigenvalue weighted by molar-refractivity contribution is 6.21. The van der Waals surface area contributed by atoms with Crippen LogP contribution in [0.15, 0.2) is 48.5 Å². The standard InChI is InChI=1S/C25H30N2O5/c1-5-13-31-20-10-8-9-18(15-20)14-19(27(17-28)32-25(2,3)4)16-26-23(29)21-11-6-7-12-22(21)24(26)30/h6-12,15,17,19H,5,13-14,16H2,1-4H3. The molecule has 0 aromatic heterocycles. The molecule has 3 rings (SSSR count). The number of hydrogen-bond acceptors (Lipinski definition) is 5. The average Bonchev–Trinajstić information content (AvgIpc) is 3.00. The number of rotatable bonds is 10. The summed E-state index contributed by atoms with van der Waals surface area (Å²) in [5, 5.41) is 1.21. The van der Waals surface area contributed by atoms with E-state index >= 15 is 0 Å². The third kappa shape index (κ3) is 5.53. The Morgan fingerprint density at radius 2 is 1.69 bits per heavy atom. The quantitative estimate of drug-likeness (QED) is 0.320. The number of carbonyl (C=O) groups is 3. The van der Waals surface area contributed by atoms with Crippen LogP contribution in [-0.4, -0.2) is 53.0 Å². The van der Waals surface area contributed by atoms with Gasteiger partial charge in [0.15, 0.2) is 0 Å². The Balaban J connectivity index is 1.87. The van der Waals surface area contributed by atoms with E-state index in [1.807, 2.05) is 52.0 Å². The van der Waals surface area contributed by atoms with E-state index in [0.29, 0.717) is 30.6 Å². The predicted octanol–water partition coefficient (Wildman–Crippen LogP) is 3.87. The van der Waals surface area contributed by atoms with Gasteiger partial charge in [-0.05, 0) is 63.4 Å². The maximum atomic E-state index is 12.9. The van der Waals surface area contributed by atoms with Crippen molar-refractivity contribution in [2.24, 2.45) is 0 Å². The van der Waals surface area contributed by atoms with Crippen molar-refractivity contribution in [2.75, 3.05) is 13.2 Å². The predicted molar refractivity (Wildman–Crippen MR) is 120 cm³/mol. The summed E-state index contributed by atoms with van der Waals surface area (Å²) in [4.78, 5) is 44.8. The molecular weight excluding hydrogens is 408 g/mol. The highest BCUT2D eigenvalue weighted by atomic mass is 16.7. The van der Waals surface area contributed by atoms with Crippen LogP contribution in [0.2, 0.25) is 0 Å². The van der Waals surface area contributed by atoms with E-state index in [0.717, 1.165) is 17.7 Å². The molecule has 170 valence electrons. The van der Waals surface area contributed by atoms with Gasteiger partial charge in [-0.3, -0.25) is 24.1 Å². The van der Waals surface area contributed by atoms with Crippen molar-refractivity contribution in [3.63, 3.8) is 0 Å². The van der Waals surface area contributed by atoms with Crippen molar-refractivity contribution >= 4 is 18.2 Å². The molecule has 2 aromatic rings. The number of imide groups is 1. The van der Waals surface area contributed by atoms with Gasteiger partial charge >= 0.3 is 0 Å². The van der Waals surface area contributed by atoms with Crippen LogP contribution in [0.4, 0.5) is 0 Å². The Bertz CT molecular complexity index is 947. The summed E-state index contributed by atoms with van der Waals surface area (Å²) in [6, 6.07) is 13.8. The second-order valence-electron chi connectivity index (χ2n) is 8.79. The van der Waals surface area contributed by atoms with Crippen molar-refractivity contribution in [3.05, 3.63) is 65.2 Å². The maximum Gasteiger partial charge on any atom is 0.261 e. The molecule has 7 heteroatoms. The first-order valence-electron chi connectivity index (χ1n) is 10.8. The molecule has 0 saturated heterocycles. The van der Waals surface area contributed by atoms with Gasteiger partial charge in [-0.2, -0.15) is 0 Å². The molecule has 0 aliphatic carbocycles. The van der Waals surface area contributed by atoms with Gasteiger partial charge in [0.25, 0.3) is 11.8 Å². The maximum absolute atomic E-state index is 12.9. The second kappa shape index (κ2) is 9.96. The van der Waals surface area contributed by atoms with Crippen LogP contribution < -0.4 is 4.74 Å². The average molecular weight is 439 g/mol. The lowest BCUT2D eigenvalue weighted by Crippen LogP contribution is -2.49. The first-order valence-corrected chi connectivity index (χ1v) is 10.8. The minimum absolute atomic E-state index is 0.0151. The normalized spacial score (nSPS) is 14.3. The summed E-state index contributed by atoms with van der Waals surface area (Å²) in [6.45, 7) is 8.16. The molecule has 1 heterocycles. The Labute approximate surface area is 188 Å². The van der Waals surface area contributed by atoms with E-state index in [2.05, 4.69) is 0 Å². The summed E-state index contributed by atoms with van der Waals surface area (Å²) in [6.07, 6.45) is 1.88. The zero-order chi connectivity index (χ0) is 23.3. The summed E-state index contributed by atoms with van der Waals surface area (Å²) >= 11 is 0. The minimum atomic E-state index is -0.632. The van der Waals surface area contributed by atoms with Gasteiger partial charge in [-0.1, -0.05) is 31.2 Å². The monoisotopic (exact) mass is 438 g/mol. The number of hydroxylamine groups is 2. The van der Waals surface area contributed by atoms with Gasteiger partial charge in [0, 0.05) is 0 Å². The molecule has 1 aliphatic heterocycles. The molecule has 0 saturated carbocycles. The van der Waals surface area contributed by atoms with E-state index in [4.69, 9.17) is 9.57 Å². The van der Waals surface area contributed by atoms with Crippen LogP contribution >= 0.6 is 0 Å². The van der Waals surface area contributed by atoms with E-state index in [-0.39, 0.29) is 18.4 Å². The van der Waals surface area contributed by atoms with Crippen LogP contribution in [0.3, 0.4) is 0 Å². The highest BCUT2D eigenvalue weighted by Gasteiger charge is 2.38. The first kappa shape index (κ1) is 23.5. The molecule has 3 amide bonds. The number of benzene rings is 2. The molecule has 0 spiro atoms. The fourth-order valence-corrected chi connectivity index (χ4v) is 3.60. The van der Waals surface area contributed by atoms with Crippen LogP contribution in [-0.2, 0) is 16.1 Å². The number of fused-ring (bicyclic) bond motifs is 1. The lowest BCUT2D eigenvalue weighted by molar-refractivity contribution is -0.232. The van der Waals surface area contributed by atoms with Crippen molar-refractivity contribution < 1.29 is 24.0 Å². The third-order valence-corrected chi connectivity index (χ3v) is 4.96. The van der Waals surface area contributed by atoms with Crippen molar-refractivity contribution in [1.29, 1.82) is 0 Å². The van der Waals surface area contributed by atoms with Gasteiger partial charge in [-0.15, -0.1) is 0 Å². The molecule has 1 atom stereocenters. The van der Waals surface area contributed by atoms with E-state index < -0.39 is 11.6 Å². The number of ether oxygens (including phenoxy) is 1. The first-order chi connectivity index (χ1) is 15.2. The number of carbonyl (C=O) groups excluding carboxylic acids is 3. The molecule has 1 unspecified atom stereocenters. The molecule has 0 radical (unpaired) electrons. The SMILES string of the molecule is CCCOc1cccc(CC(CN2C(=O)c3ccccc3C2=O)N(C=O)OC(C)(C)C)c1. The Kier molecular flexibility index (Phi) is 7.30. The molecule has 0 fully saturated rings. The molecule has 1 aliphatic rings. The summed E-state index contributed by atoms with van der Waals surface area (Å²) < 4.78 is 5.72. The van der Waals surface area contributed by atoms with E-state index in [1.54, 1.807) is 24.3 Å². The minimum Gasteiger partial charge on any atom is -0.494 e. The van der Waals surface area contributed by atoms with E-state index in [1.165, 1.54) is 9.96 Å². The Morgan fingerprint density at radius 3 is 2.25 bits per heavy atom. The Morgan fingerprint density at radius 1 is 1.03 bits per heavy atom. The van der Waals surface area contributed by atoms with Crippen LogP contribution in [0, 0.1) is 0 Å². The summed E-state index contributed by atoms with van der Waals surface area (Å²) in [5.41, 5.74) is 1.03. The summed E-state index contributed by atoms with van der Waals surface area (Å²) in [7, 11) is 0. The molecule has 7 nitrogen and oxygen atoms in total. The largest absolute Gasteiger partial charge is 0.494 e. The van der Waals surface area contributed by atoms with E-state index in [9.17, 15) is 14.4 Å². The van der Waals surface area contributed by atoms with Crippen LogP contribution in [0.5, 0.6) is 5.75 Å². The van der Waals surface area contributed by atoms with Gasteiger partial charge in [0.1, 0.15) is 5.75 Å². The fourth-order valence-electron chi connectivity index (χ4n) is 3.60. The highest BCUT2D eigenvalue weighted by Crippen LogP contribution is 2.25. The van der Waals surface area contributed by atoms with Crippen molar-refractivity contribution in [2.45, 2.75) is 52.2 Å². The lowest BCUT2D eigenvalue weighted by atomic mass is 10.0. The Hall–Kier alpha value is -3.19. The molecule has 2 aromatic carbocycles. The smallest absolute Gasteiger partial charge is 0.261 e. The van der Waals surface area contributed by atoms with Gasteiger partial charge in [0.05, 0.1) is 35.9 Å². The molecule has 0 bridgehead atoms. The molecular formula is C25H30N2O5. The zero-order valence-electron chi connectivity index (χ0n) is 19.0. The number of nitrogens with zero attached hydrogens (tertiary/aromatic N) is 2.